The maximum atomic E-state index is 12.8. The summed E-state index contributed by atoms with van der Waals surface area (Å²) in [6, 6.07) is 0. The second-order valence-corrected chi connectivity index (χ2v) is 7.40. The third kappa shape index (κ3) is 2.49. The lowest BCUT2D eigenvalue weighted by atomic mass is 9.48. The molecule has 0 N–H and O–H groups in total. The first-order valence-corrected chi connectivity index (χ1v) is 8.41. The molecular formula is C17H29NO. The van der Waals surface area contributed by atoms with E-state index in [1.165, 1.54) is 38.5 Å². The third-order valence-corrected chi connectivity index (χ3v) is 6.18. The van der Waals surface area contributed by atoms with E-state index in [1.54, 1.807) is 0 Å². The van der Waals surface area contributed by atoms with E-state index in [4.69, 9.17) is 0 Å². The molecule has 0 radical (unpaired) electrons. The Morgan fingerprint density at radius 3 is 1.89 bits per heavy atom. The van der Waals surface area contributed by atoms with Crippen LogP contribution in [0.5, 0.6) is 0 Å². The fourth-order valence-corrected chi connectivity index (χ4v) is 5.52. The summed E-state index contributed by atoms with van der Waals surface area (Å²) >= 11 is 0. The average Bonchev–Trinajstić information content (AvgIpc) is 2.38. The number of hydrogen-bond acceptors (Lipinski definition) is 2. The van der Waals surface area contributed by atoms with Crippen LogP contribution in [-0.4, -0.2) is 30.3 Å². The zero-order valence-electron chi connectivity index (χ0n) is 12.7. The normalized spacial score (nSPS) is 40.1. The molecule has 4 saturated carbocycles. The van der Waals surface area contributed by atoms with Gasteiger partial charge in [-0.25, -0.2) is 0 Å². The average molecular weight is 263 g/mol. The van der Waals surface area contributed by atoms with Crippen LogP contribution in [0.1, 0.15) is 58.8 Å². The highest BCUT2D eigenvalue weighted by Crippen LogP contribution is 2.60. The number of nitrogens with zero attached hydrogens (tertiary/aromatic N) is 1. The van der Waals surface area contributed by atoms with Gasteiger partial charge in [-0.15, -0.1) is 0 Å². The smallest absolute Gasteiger partial charge is 0.140 e. The van der Waals surface area contributed by atoms with Crippen molar-refractivity contribution in [3.05, 3.63) is 0 Å². The van der Waals surface area contributed by atoms with Crippen molar-refractivity contribution in [2.45, 2.75) is 58.8 Å². The second-order valence-electron chi connectivity index (χ2n) is 7.40. The van der Waals surface area contributed by atoms with E-state index in [-0.39, 0.29) is 5.41 Å². The molecule has 4 bridgehead atoms. The van der Waals surface area contributed by atoms with Crippen molar-refractivity contribution < 1.29 is 4.79 Å². The zero-order valence-corrected chi connectivity index (χ0v) is 12.7. The highest BCUT2D eigenvalue weighted by molar-refractivity contribution is 5.85. The number of Topliss-reactive ketones (excluding diaryl/α,β-unsaturated/α-hetero) is 1. The minimum absolute atomic E-state index is 0.127. The molecule has 2 nitrogen and oxygen atoms in total. The van der Waals surface area contributed by atoms with Gasteiger partial charge >= 0.3 is 0 Å². The van der Waals surface area contributed by atoms with Crippen LogP contribution in [0.25, 0.3) is 0 Å². The first kappa shape index (κ1) is 13.6. The number of hydrogen-bond donors (Lipinski definition) is 0. The zero-order chi connectivity index (χ0) is 13.5. The molecule has 4 aliphatic carbocycles. The SMILES string of the molecule is CCN(CC)CCC(=O)C12CC3CC(CC(C3)C1)C2. The van der Waals surface area contributed by atoms with Crippen LogP contribution >= 0.6 is 0 Å². The van der Waals surface area contributed by atoms with Crippen LogP contribution in [0.4, 0.5) is 0 Å². The summed E-state index contributed by atoms with van der Waals surface area (Å²) in [5, 5.41) is 0. The van der Waals surface area contributed by atoms with Crippen LogP contribution in [0.3, 0.4) is 0 Å². The summed E-state index contributed by atoms with van der Waals surface area (Å²) in [6.07, 6.45) is 8.80. The minimum Gasteiger partial charge on any atom is -0.303 e. The van der Waals surface area contributed by atoms with E-state index in [2.05, 4.69) is 18.7 Å². The van der Waals surface area contributed by atoms with Crippen molar-refractivity contribution in [2.24, 2.45) is 23.2 Å². The second kappa shape index (κ2) is 5.20. The molecule has 0 aromatic carbocycles. The predicted molar refractivity (Wildman–Crippen MR) is 78.0 cm³/mol. The van der Waals surface area contributed by atoms with Gasteiger partial charge in [0.1, 0.15) is 5.78 Å². The molecule has 0 aliphatic heterocycles. The van der Waals surface area contributed by atoms with Crippen molar-refractivity contribution in [3.8, 4) is 0 Å². The Balaban J connectivity index is 1.63. The predicted octanol–water partition coefficient (Wildman–Crippen LogP) is 3.50. The molecule has 0 atom stereocenters. The molecule has 0 unspecified atom stereocenters. The van der Waals surface area contributed by atoms with Gasteiger partial charge < -0.3 is 4.90 Å². The van der Waals surface area contributed by atoms with Crippen LogP contribution in [0, 0.1) is 23.2 Å². The van der Waals surface area contributed by atoms with Crippen molar-refractivity contribution in [3.63, 3.8) is 0 Å². The molecule has 0 amide bonds. The Labute approximate surface area is 117 Å². The van der Waals surface area contributed by atoms with Crippen molar-refractivity contribution in [1.29, 1.82) is 0 Å². The van der Waals surface area contributed by atoms with Gasteiger partial charge in [-0.3, -0.25) is 4.79 Å². The molecule has 0 saturated heterocycles. The van der Waals surface area contributed by atoms with Gasteiger partial charge in [0.05, 0.1) is 0 Å². The Hall–Kier alpha value is -0.370. The molecule has 4 rings (SSSR count). The van der Waals surface area contributed by atoms with Gasteiger partial charge in [0.2, 0.25) is 0 Å². The first-order valence-electron chi connectivity index (χ1n) is 8.41. The highest BCUT2D eigenvalue weighted by Gasteiger charge is 2.53. The molecule has 0 heterocycles. The lowest BCUT2D eigenvalue weighted by Crippen LogP contribution is -2.50. The lowest BCUT2D eigenvalue weighted by molar-refractivity contribution is -0.144. The third-order valence-electron chi connectivity index (χ3n) is 6.18. The Kier molecular flexibility index (Phi) is 3.72. The molecular weight excluding hydrogens is 234 g/mol. The lowest BCUT2D eigenvalue weighted by Gasteiger charge is -2.56. The van der Waals surface area contributed by atoms with Gasteiger partial charge in [0, 0.05) is 18.4 Å². The molecule has 108 valence electrons. The Morgan fingerprint density at radius 1 is 1.00 bits per heavy atom. The molecule has 0 aromatic heterocycles. The fraction of sp³-hybridized carbons (Fsp3) is 0.941. The minimum atomic E-state index is 0.127. The molecule has 0 spiro atoms. The summed E-state index contributed by atoms with van der Waals surface area (Å²) in [4.78, 5) is 15.2. The summed E-state index contributed by atoms with van der Waals surface area (Å²) < 4.78 is 0. The van der Waals surface area contributed by atoms with Crippen LogP contribution < -0.4 is 0 Å². The number of ketones is 1. The largest absolute Gasteiger partial charge is 0.303 e. The van der Waals surface area contributed by atoms with Crippen molar-refractivity contribution in [1.82, 2.24) is 4.90 Å². The molecule has 2 heteroatoms. The molecule has 19 heavy (non-hydrogen) atoms. The van der Waals surface area contributed by atoms with Crippen LogP contribution in [-0.2, 0) is 4.79 Å². The number of carbonyl (C=O) groups excluding carboxylic acids is 1. The van der Waals surface area contributed by atoms with Crippen molar-refractivity contribution >= 4 is 5.78 Å². The van der Waals surface area contributed by atoms with Gasteiger partial charge in [0.25, 0.3) is 0 Å². The van der Waals surface area contributed by atoms with E-state index in [0.29, 0.717) is 5.78 Å². The fourth-order valence-electron chi connectivity index (χ4n) is 5.52. The van der Waals surface area contributed by atoms with Gasteiger partial charge in [0.15, 0.2) is 0 Å². The van der Waals surface area contributed by atoms with Crippen LogP contribution in [0.15, 0.2) is 0 Å². The molecule has 0 aromatic rings. The van der Waals surface area contributed by atoms with Gasteiger partial charge in [-0.2, -0.15) is 0 Å². The maximum absolute atomic E-state index is 12.8. The van der Waals surface area contributed by atoms with Crippen molar-refractivity contribution in [2.75, 3.05) is 19.6 Å². The summed E-state index contributed by atoms with van der Waals surface area (Å²) in [5.41, 5.74) is 0.127. The first-order chi connectivity index (χ1) is 9.15. The highest BCUT2D eigenvalue weighted by atomic mass is 16.1. The summed E-state index contributed by atoms with van der Waals surface area (Å²) in [5.74, 6) is 3.29. The summed E-state index contributed by atoms with van der Waals surface area (Å²) in [6.45, 7) is 7.51. The standard InChI is InChI=1S/C17H29NO/c1-3-18(4-2)6-5-16(19)17-10-13-7-14(11-17)9-15(8-13)12-17/h13-15H,3-12H2,1-2H3. The maximum Gasteiger partial charge on any atom is 0.140 e. The van der Waals surface area contributed by atoms with Gasteiger partial charge in [-0.05, 0) is 69.4 Å². The number of carbonyl (C=O) groups is 1. The van der Waals surface area contributed by atoms with E-state index in [9.17, 15) is 4.79 Å². The Morgan fingerprint density at radius 2 is 1.47 bits per heavy atom. The Bertz CT molecular complexity index is 310. The van der Waals surface area contributed by atoms with E-state index in [1.807, 2.05) is 0 Å². The topological polar surface area (TPSA) is 20.3 Å². The molecule has 4 aliphatic rings. The van der Waals surface area contributed by atoms with E-state index >= 15 is 0 Å². The van der Waals surface area contributed by atoms with E-state index in [0.717, 1.165) is 43.8 Å². The number of rotatable bonds is 6. The molecule has 4 fully saturated rings. The quantitative estimate of drug-likeness (QED) is 0.731. The van der Waals surface area contributed by atoms with Crippen LogP contribution in [0.2, 0.25) is 0 Å². The monoisotopic (exact) mass is 263 g/mol. The van der Waals surface area contributed by atoms with E-state index < -0.39 is 0 Å². The van der Waals surface area contributed by atoms with Gasteiger partial charge in [-0.1, -0.05) is 13.8 Å². The summed E-state index contributed by atoms with van der Waals surface area (Å²) in [7, 11) is 0.